The first kappa shape index (κ1) is 52.1. The highest BCUT2D eigenvalue weighted by Gasteiger charge is 2.13. The van der Waals surface area contributed by atoms with Crippen LogP contribution in [0.25, 0.3) is 0 Å². The molecule has 0 fully saturated rings. The largest absolute Gasteiger partial charge is 0.457 e. The summed E-state index contributed by atoms with van der Waals surface area (Å²) in [7, 11) is 0. The molecule has 0 spiro atoms. The van der Waals surface area contributed by atoms with Crippen molar-refractivity contribution >= 4 is 5.97 Å². The first-order chi connectivity index (χ1) is 27.2. The molecule has 0 aliphatic heterocycles. The van der Waals surface area contributed by atoms with Gasteiger partial charge >= 0.3 is 5.97 Å². The maximum absolute atomic E-state index is 12.2. The van der Waals surface area contributed by atoms with Crippen LogP contribution < -0.4 is 0 Å². The second kappa shape index (κ2) is 47.2. The van der Waals surface area contributed by atoms with Gasteiger partial charge in [-0.15, -0.1) is 0 Å². The molecule has 0 aromatic carbocycles. The van der Waals surface area contributed by atoms with Crippen molar-refractivity contribution in [2.75, 3.05) is 19.8 Å². The van der Waals surface area contributed by atoms with Crippen molar-refractivity contribution in [3.63, 3.8) is 0 Å². The highest BCUT2D eigenvalue weighted by molar-refractivity contribution is 5.69. The number of aliphatic hydroxyl groups is 1. The van der Waals surface area contributed by atoms with Gasteiger partial charge in [0.15, 0.2) is 0 Å². The molecule has 0 aromatic rings. The van der Waals surface area contributed by atoms with Crippen LogP contribution >= 0.6 is 0 Å². The maximum Gasteiger partial charge on any atom is 0.306 e. The molecule has 1 atom stereocenters. The fraction of sp³-hybridized carbons (Fsp3) is 0.627. The molecule has 0 rings (SSSR count). The molecule has 0 bridgehead atoms. The van der Waals surface area contributed by atoms with E-state index in [9.17, 15) is 9.90 Å². The molecule has 0 aliphatic carbocycles. The number of aliphatic hydroxyl groups excluding tert-OH is 1. The van der Waals surface area contributed by atoms with E-state index in [4.69, 9.17) is 9.47 Å². The van der Waals surface area contributed by atoms with E-state index in [0.29, 0.717) is 13.0 Å². The Morgan fingerprint density at radius 1 is 0.436 bits per heavy atom. The first-order valence-electron chi connectivity index (χ1n) is 22.5. The van der Waals surface area contributed by atoms with Crippen LogP contribution in [0.2, 0.25) is 0 Å². The molecule has 0 radical (unpaired) electrons. The van der Waals surface area contributed by atoms with Crippen molar-refractivity contribution in [2.24, 2.45) is 0 Å². The van der Waals surface area contributed by atoms with Gasteiger partial charge in [-0.2, -0.15) is 0 Å². The van der Waals surface area contributed by atoms with E-state index in [1.165, 1.54) is 64.2 Å². The van der Waals surface area contributed by atoms with Gasteiger partial charge in [0.1, 0.15) is 6.10 Å². The van der Waals surface area contributed by atoms with Crippen molar-refractivity contribution in [3.05, 3.63) is 109 Å². The summed E-state index contributed by atoms with van der Waals surface area (Å²) in [5.74, 6) is -0.221. The number of hydrogen-bond donors (Lipinski definition) is 1. The Balaban J connectivity index is 3.53. The molecule has 0 aliphatic rings. The van der Waals surface area contributed by atoms with Gasteiger partial charge in [0, 0.05) is 13.0 Å². The van der Waals surface area contributed by atoms with Crippen LogP contribution in [0.15, 0.2) is 109 Å². The second-order valence-corrected chi connectivity index (χ2v) is 14.4. The summed E-state index contributed by atoms with van der Waals surface area (Å²) in [6, 6.07) is 0. The normalized spacial score (nSPS) is 13.4. The minimum atomic E-state index is -0.555. The first-order valence-corrected chi connectivity index (χ1v) is 22.5. The Bertz CT molecular complexity index is 1070. The smallest absolute Gasteiger partial charge is 0.306 e. The van der Waals surface area contributed by atoms with Crippen LogP contribution in [-0.4, -0.2) is 37.0 Å². The molecule has 0 aromatic heterocycles. The Morgan fingerprint density at radius 2 is 0.764 bits per heavy atom. The van der Waals surface area contributed by atoms with Crippen LogP contribution in [0.3, 0.4) is 0 Å². The van der Waals surface area contributed by atoms with Crippen LogP contribution in [0.5, 0.6) is 0 Å². The number of esters is 1. The van der Waals surface area contributed by atoms with Crippen molar-refractivity contribution < 1.29 is 19.4 Å². The highest BCUT2D eigenvalue weighted by Crippen LogP contribution is 2.12. The van der Waals surface area contributed by atoms with Crippen LogP contribution in [0, 0.1) is 0 Å². The topological polar surface area (TPSA) is 55.8 Å². The van der Waals surface area contributed by atoms with Gasteiger partial charge in [-0.3, -0.25) is 4.79 Å². The molecule has 0 amide bonds. The molecular formula is C51H84O4. The van der Waals surface area contributed by atoms with Gasteiger partial charge < -0.3 is 14.6 Å². The monoisotopic (exact) mass is 761 g/mol. The summed E-state index contributed by atoms with van der Waals surface area (Å²) in [6.45, 7) is 5.07. The van der Waals surface area contributed by atoms with Crippen molar-refractivity contribution in [2.45, 2.75) is 187 Å². The second-order valence-electron chi connectivity index (χ2n) is 14.4. The maximum atomic E-state index is 12.2. The lowest BCUT2D eigenvalue weighted by Gasteiger charge is -2.15. The molecule has 4 heteroatoms. The van der Waals surface area contributed by atoms with Gasteiger partial charge in [-0.05, 0) is 96.3 Å². The fourth-order valence-electron chi connectivity index (χ4n) is 5.82. The van der Waals surface area contributed by atoms with Crippen molar-refractivity contribution in [1.82, 2.24) is 0 Å². The molecule has 0 saturated carbocycles. The van der Waals surface area contributed by atoms with Gasteiger partial charge in [0.25, 0.3) is 0 Å². The molecule has 55 heavy (non-hydrogen) atoms. The SMILES string of the molecule is CC/C=C\C/C=C\C/C=C\C/C=C\C/C=C\CCCCCCCCCC(=O)OC(CO)COCCCCCCCCC/C=C\C/C=C\C/C=C\C/C=C\CC. The predicted molar refractivity (Wildman–Crippen MR) is 241 cm³/mol. The van der Waals surface area contributed by atoms with E-state index < -0.39 is 6.10 Å². The summed E-state index contributed by atoms with van der Waals surface area (Å²) < 4.78 is 11.2. The van der Waals surface area contributed by atoms with E-state index >= 15 is 0 Å². The predicted octanol–water partition coefficient (Wildman–Crippen LogP) is 15.1. The van der Waals surface area contributed by atoms with Crippen molar-refractivity contribution in [1.29, 1.82) is 0 Å². The lowest BCUT2D eigenvalue weighted by molar-refractivity contribution is -0.154. The Labute approximate surface area is 340 Å². The highest BCUT2D eigenvalue weighted by atomic mass is 16.6. The van der Waals surface area contributed by atoms with Crippen LogP contribution in [0.4, 0.5) is 0 Å². The molecule has 312 valence electrons. The Morgan fingerprint density at radius 3 is 1.15 bits per heavy atom. The lowest BCUT2D eigenvalue weighted by Crippen LogP contribution is -2.27. The van der Waals surface area contributed by atoms with E-state index in [2.05, 4.69) is 123 Å². The number of hydrogen-bond acceptors (Lipinski definition) is 4. The lowest BCUT2D eigenvalue weighted by atomic mass is 10.1. The zero-order valence-corrected chi connectivity index (χ0v) is 35.6. The summed E-state index contributed by atoms with van der Waals surface area (Å²) >= 11 is 0. The molecule has 4 nitrogen and oxygen atoms in total. The standard InChI is InChI=1S/C51H84O4/c1-3-5-7-9-11-13-15-17-19-21-23-25-26-27-28-30-32-34-36-38-40-42-44-46-51(53)55-50(48-52)49-54-47-45-43-41-39-37-35-33-31-29-24-22-20-18-16-14-12-10-8-6-4-2/h5-8,11-14,17-20,23-25,27-29,50,52H,3-4,9-10,15-16,21-22,26,30-49H2,1-2H3/b7-5-,8-6-,13-11-,14-12-,19-17-,20-18-,25-23-,28-27-,29-24-. The van der Waals surface area contributed by atoms with E-state index in [-0.39, 0.29) is 19.2 Å². The van der Waals surface area contributed by atoms with Gasteiger partial charge in [-0.1, -0.05) is 187 Å². The Hall–Kier alpha value is -2.95. The van der Waals surface area contributed by atoms with E-state index in [1.807, 2.05) is 0 Å². The average Bonchev–Trinajstić information content (AvgIpc) is 3.19. The quantitative estimate of drug-likeness (QED) is 0.0384. The number of carbonyl (C=O) groups excluding carboxylic acids is 1. The van der Waals surface area contributed by atoms with E-state index in [0.717, 1.165) is 96.3 Å². The third-order valence-electron chi connectivity index (χ3n) is 9.09. The zero-order valence-electron chi connectivity index (χ0n) is 35.6. The number of carbonyl (C=O) groups is 1. The summed E-state index contributed by atoms with van der Waals surface area (Å²) in [5, 5.41) is 9.62. The zero-order chi connectivity index (χ0) is 39.8. The minimum absolute atomic E-state index is 0.188. The molecule has 0 saturated heterocycles. The number of rotatable bonds is 40. The summed E-state index contributed by atoms with van der Waals surface area (Å²) in [5.41, 5.74) is 0. The van der Waals surface area contributed by atoms with Gasteiger partial charge in [-0.25, -0.2) is 0 Å². The molecule has 1 N–H and O–H groups in total. The number of unbranched alkanes of at least 4 members (excludes halogenated alkanes) is 14. The summed E-state index contributed by atoms with van der Waals surface area (Å²) in [4.78, 5) is 12.2. The van der Waals surface area contributed by atoms with Crippen LogP contribution in [0.1, 0.15) is 181 Å². The third kappa shape index (κ3) is 45.3. The minimum Gasteiger partial charge on any atom is -0.457 e. The fourth-order valence-corrected chi connectivity index (χ4v) is 5.82. The third-order valence-corrected chi connectivity index (χ3v) is 9.09. The molecule has 1 unspecified atom stereocenters. The van der Waals surface area contributed by atoms with E-state index in [1.54, 1.807) is 0 Å². The van der Waals surface area contributed by atoms with Gasteiger partial charge in [0.2, 0.25) is 0 Å². The average molecular weight is 761 g/mol. The molecule has 0 heterocycles. The number of allylic oxidation sites excluding steroid dienone is 18. The molecular weight excluding hydrogens is 677 g/mol. The van der Waals surface area contributed by atoms with Gasteiger partial charge in [0.05, 0.1) is 13.2 Å². The van der Waals surface area contributed by atoms with Crippen LogP contribution in [-0.2, 0) is 14.3 Å². The van der Waals surface area contributed by atoms with Crippen molar-refractivity contribution in [3.8, 4) is 0 Å². The summed E-state index contributed by atoms with van der Waals surface area (Å²) in [6.07, 6.45) is 68.6. The number of ether oxygens (including phenoxy) is 2. The Kier molecular flexibility index (Phi) is 44.7.